The summed E-state index contributed by atoms with van der Waals surface area (Å²) in [7, 11) is 0. The smallest absolute Gasteiger partial charge is 0.271 e. The highest BCUT2D eigenvalue weighted by molar-refractivity contribution is 5.95. The molecule has 26 heavy (non-hydrogen) atoms. The Hall–Kier alpha value is -3.55. The molecule has 0 bridgehead atoms. The first kappa shape index (κ1) is 17.3. The summed E-state index contributed by atoms with van der Waals surface area (Å²) in [4.78, 5) is 36.3. The number of benzene rings is 2. The predicted molar refractivity (Wildman–Crippen MR) is 92.7 cm³/mol. The summed E-state index contributed by atoms with van der Waals surface area (Å²) in [5, 5.41) is 5.31. The SMILES string of the molecule is Cc1nn(CC(=O)NNC(=O)c2ccc(F)cc2)c(=O)c2ccccc12. The van der Waals surface area contributed by atoms with Crippen LogP contribution in [-0.4, -0.2) is 21.6 Å². The first-order valence-electron chi connectivity index (χ1n) is 7.77. The molecule has 0 spiro atoms. The summed E-state index contributed by atoms with van der Waals surface area (Å²) in [6.45, 7) is 1.39. The van der Waals surface area contributed by atoms with Crippen LogP contribution in [0.2, 0.25) is 0 Å². The van der Waals surface area contributed by atoms with Crippen molar-refractivity contribution in [1.82, 2.24) is 20.6 Å². The van der Waals surface area contributed by atoms with Crippen LogP contribution < -0.4 is 16.4 Å². The molecule has 2 aromatic carbocycles. The lowest BCUT2D eigenvalue weighted by Gasteiger charge is -2.10. The molecule has 2 N–H and O–H groups in total. The van der Waals surface area contributed by atoms with E-state index in [9.17, 15) is 18.8 Å². The Morgan fingerprint density at radius 3 is 2.38 bits per heavy atom. The number of amides is 2. The predicted octanol–water partition coefficient (Wildman–Crippen LogP) is 1.31. The number of nitrogens with one attached hydrogen (secondary N) is 2. The fourth-order valence-corrected chi connectivity index (χ4v) is 2.49. The molecule has 3 rings (SSSR count). The van der Waals surface area contributed by atoms with Crippen molar-refractivity contribution in [2.75, 3.05) is 0 Å². The molecule has 0 aliphatic rings. The third-order valence-electron chi connectivity index (χ3n) is 3.77. The van der Waals surface area contributed by atoms with Gasteiger partial charge in [0.1, 0.15) is 12.4 Å². The minimum Gasteiger partial charge on any atom is -0.271 e. The fraction of sp³-hybridized carbons (Fsp3) is 0.111. The van der Waals surface area contributed by atoms with E-state index < -0.39 is 23.2 Å². The number of fused-ring (bicyclic) bond motifs is 1. The van der Waals surface area contributed by atoms with Crippen LogP contribution in [-0.2, 0) is 11.3 Å². The summed E-state index contributed by atoms with van der Waals surface area (Å²) in [5.41, 5.74) is 4.81. The maximum absolute atomic E-state index is 12.8. The minimum atomic E-state index is -0.621. The highest BCUT2D eigenvalue weighted by Gasteiger charge is 2.12. The molecule has 7 nitrogen and oxygen atoms in total. The van der Waals surface area contributed by atoms with Gasteiger partial charge >= 0.3 is 0 Å². The van der Waals surface area contributed by atoms with Gasteiger partial charge in [0.25, 0.3) is 17.4 Å². The monoisotopic (exact) mass is 354 g/mol. The van der Waals surface area contributed by atoms with Crippen molar-refractivity contribution in [3.05, 3.63) is 76.0 Å². The Labute approximate surface area is 147 Å². The molecule has 0 saturated carbocycles. The molecule has 0 saturated heterocycles. The van der Waals surface area contributed by atoms with Crippen LogP contribution in [0.25, 0.3) is 10.8 Å². The Kier molecular flexibility index (Phi) is 4.74. The van der Waals surface area contributed by atoms with Crippen LogP contribution in [0.15, 0.2) is 53.3 Å². The summed E-state index contributed by atoms with van der Waals surface area (Å²) in [6, 6.07) is 11.8. The normalized spacial score (nSPS) is 10.5. The molecule has 3 aromatic rings. The standard InChI is InChI=1S/C18H15FN4O3/c1-11-14-4-2-3-5-15(14)18(26)23(22-11)10-16(24)20-21-17(25)12-6-8-13(19)9-7-12/h2-9H,10H2,1H3,(H,20,24)(H,21,25). The molecule has 1 aromatic heterocycles. The fourth-order valence-electron chi connectivity index (χ4n) is 2.49. The van der Waals surface area contributed by atoms with Gasteiger partial charge in [0.05, 0.1) is 11.1 Å². The number of rotatable bonds is 3. The van der Waals surface area contributed by atoms with Gasteiger partial charge in [0, 0.05) is 10.9 Å². The zero-order chi connectivity index (χ0) is 18.7. The van der Waals surface area contributed by atoms with Crippen molar-refractivity contribution in [3.63, 3.8) is 0 Å². The number of carbonyl (C=O) groups is 2. The molecule has 0 aliphatic heterocycles. The summed E-state index contributed by atoms with van der Waals surface area (Å²) in [5.74, 6) is -1.69. The van der Waals surface area contributed by atoms with E-state index >= 15 is 0 Å². The second-order valence-electron chi connectivity index (χ2n) is 5.60. The Morgan fingerprint density at radius 1 is 1.04 bits per heavy atom. The Balaban J connectivity index is 1.69. The van der Waals surface area contributed by atoms with Crippen molar-refractivity contribution in [2.45, 2.75) is 13.5 Å². The number of hydrogen-bond acceptors (Lipinski definition) is 4. The second kappa shape index (κ2) is 7.14. The van der Waals surface area contributed by atoms with E-state index in [1.165, 1.54) is 12.1 Å². The van der Waals surface area contributed by atoms with Crippen LogP contribution >= 0.6 is 0 Å². The molecule has 0 unspecified atom stereocenters. The van der Waals surface area contributed by atoms with Crippen molar-refractivity contribution in [2.24, 2.45) is 0 Å². The number of hydrazine groups is 1. The maximum Gasteiger partial charge on any atom is 0.275 e. The van der Waals surface area contributed by atoms with Gasteiger partial charge in [0.15, 0.2) is 0 Å². The van der Waals surface area contributed by atoms with E-state index in [4.69, 9.17) is 0 Å². The van der Waals surface area contributed by atoms with Crippen LogP contribution in [0.5, 0.6) is 0 Å². The molecule has 8 heteroatoms. The van der Waals surface area contributed by atoms with Gasteiger partial charge < -0.3 is 0 Å². The molecule has 2 amide bonds. The van der Waals surface area contributed by atoms with Crippen LogP contribution in [0.1, 0.15) is 16.1 Å². The number of aryl methyl sites for hydroxylation is 1. The van der Waals surface area contributed by atoms with Gasteiger partial charge in [-0.25, -0.2) is 9.07 Å². The second-order valence-corrected chi connectivity index (χ2v) is 5.60. The Morgan fingerprint density at radius 2 is 1.69 bits per heavy atom. The Bertz CT molecular complexity index is 1040. The van der Waals surface area contributed by atoms with Crippen LogP contribution in [0.3, 0.4) is 0 Å². The highest BCUT2D eigenvalue weighted by atomic mass is 19.1. The molecule has 0 atom stereocenters. The van der Waals surface area contributed by atoms with Crippen molar-refractivity contribution in [3.8, 4) is 0 Å². The van der Waals surface area contributed by atoms with E-state index in [1.54, 1.807) is 31.2 Å². The number of hydrogen-bond donors (Lipinski definition) is 2. The quantitative estimate of drug-likeness (QED) is 0.694. The van der Waals surface area contributed by atoms with Gasteiger partial charge in [-0.15, -0.1) is 0 Å². The topological polar surface area (TPSA) is 93.1 Å². The number of nitrogens with zero attached hydrogens (tertiary/aromatic N) is 2. The highest BCUT2D eigenvalue weighted by Crippen LogP contribution is 2.11. The van der Waals surface area contributed by atoms with Crippen LogP contribution in [0, 0.1) is 12.7 Å². The average molecular weight is 354 g/mol. The molecule has 0 aliphatic carbocycles. The van der Waals surface area contributed by atoms with Gasteiger partial charge in [-0.1, -0.05) is 18.2 Å². The zero-order valence-corrected chi connectivity index (χ0v) is 13.8. The lowest BCUT2D eigenvalue weighted by molar-refractivity contribution is -0.122. The summed E-state index contributed by atoms with van der Waals surface area (Å²) >= 11 is 0. The number of carbonyl (C=O) groups excluding carboxylic acids is 2. The van der Waals surface area contributed by atoms with Gasteiger partial charge in [0.2, 0.25) is 0 Å². The van der Waals surface area contributed by atoms with E-state index in [0.29, 0.717) is 11.1 Å². The summed E-state index contributed by atoms with van der Waals surface area (Å²) in [6.07, 6.45) is 0. The lowest BCUT2D eigenvalue weighted by atomic mass is 10.1. The van der Waals surface area contributed by atoms with Gasteiger partial charge in [-0.3, -0.25) is 25.2 Å². The first-order valence-corrected chi connectivity index (χ1v) is 7.77. The minimum absolute atomic E-state index is 0.184. The lowest BCUT2D eigenvalue weighted by Crippen LogP contribution is -2.44. The maximum atomic E-state index is 12.8. The van der Waals surface area contributed by atoms with Gasteiger partial charge in [-0.2, -0.15) is 5.10 Å². The molecule has 1 heterocycles. The third kappa shape index (κ3) is 3.59. The van der Waals surface area contributed by atoms with E-state index in [2.05, 4.69) is 16.0 Å². The number of aromatic nitrogens is 2. The molecular weight excluding hydrogens is 339 g/mol. The first-order chi connectivity index (χ1) is 12.5. The molecule has 0 radical (unpaired) electrons. The van der Waals surface area contributed by atoms with E-state index in [-0.39, 0.29) is 12.1 Å². The van der Waals surface area contributed by atoms with Crippen molar-refractivity contribution < 1.29 is 14.0 Å². The van der Waals surface area contributed by atoms with Crippen molar-refractivity contribution >= 4 is 22.6 Å². The van der Waals surface area contributed by atoms with Gasteiger partial charge in [-0.05, 0) is 37.3 Å². The molecule has 0 fully saturated rings. The van der Waals surface area contributed by atoms with E-state index in [1.807, 2.05) is 0 Å². The summed E-state index contributed by atoms with van der Waals surface area (Å²) < 4.78 is 13.9. The average Bonchev–Trinajstić information content (AvgIpc) is 2.64. The molecule has 132 valence electrons. The molecular formula is C18H15FN4O3. The zero-order valence-electron chi connectivity index (χ0n) is 13.8. The largest absolute Gasteiger partial charge is 0.275 e. The van der Waals surface area contributed by atoms with E-state index in [0.717, 1.165) is 22.2 Å². The number of halogens is 1. The van der Waals surface area contributed by atoms with Crippen molar-refractivity contribution in [1.29, 1.82) is 0 Å². The van der Waals surface area contributed by atoms with Crippen LogP contribution in [0.4, 0.5) is 4.39 Å². The third-order valence-corrected chi connectivity index (χ3v) is 3.77.